The summed E-state index contributed by atoms with van der Waals surface area (Å²) in [5.41, 5.74) is 1.49. The largest absolute Gasteiger partial charge is 2.00 e. The topological polar surface area (TPSA) is 60.0 Å². The first kappa shape index (κ1) is 49.8. The summed E-state index contributed by atoms with van der Waals surface area (Å²) in [6, 6.07) is 81.6. The summed E-state index contributed by atoms with van der Waals surface area (Å²) in [4.78, 5) is 11.6. The van der Waals surface area contributed by atoms with Crippen LogP contribution in [-0.2, 0) is 24.1 Å². The van der Waals surface area contributed by atoms with Gasteiger partial charge in [-0.3, -0.25) is 0 Å². The van der Waals surface area contributed by atoms with Crippen LogP contribution in [0.2, 0.25) is 0 Å². The maximum Gasteiger partial charge on any atom is 2.00 e. The van der Waals surface area contributed by atoms with Gasteiger partial charge in [-0.1, -0.05) is 233 Å². The molecule has 61 heavy (non-hydrogen) atoms. The van der Waals surface area contributed by atoms with Crippen molar-refractivity contribution in [1.29, 1.82) is 0 Å². The van der Waals surface area contributed by atoms with Gasteiger partial charge in [-0.25, -0.2) is 0 Å². The normalized spacial score (nSPS) is 10.0. The Hall–Kier alpha value is -5.55. The number of aryl methyl sites for hydroxylation is 1. The van der Waals surface area contributed by atoms with Crippen molar-refractivity contribution in [2.45, 2.75) is 27.7 Å². The van der Waals surface area contributed by atoms with Gasteiger partial charge in [0.2, 0.25) is 0 Å². The fourth-order valence-electron chi connectivity index (χ4n) is 5.83. The molecule has 0 N–H and O–H groups in total. The summed E-state index contributed by atoms with van der Waals surface area (Å²) in [5.74, 6) is 0.221. The first-order valence-corrected chi connectivity index (χ1v) is 22.3. The number of ketones is 1. The van der Waals surface area contributed by atoms with Gasteiger partial charge in [0, 0.05) is 0 Å². The number of hydrogen-bond acceptors (Lipinski definition) is 2. The molecule has 8 aromatic carbocycles. The number of carbonyl (C=O) groups is 1. The molecule has 3 nitrogen and oxygen atoms in total. The predicted molar refractivity (Wildman–Crippen MR) is 254 cm³/mol. The quantitative estimate of drug-likeness (QED) is 0.0526. The van der Waals surface area contributed by atoms with Crippen molar-refractivity contribution in [2.24, 2.45) is 5.41 Å². The molecule has 0 bridgehead atoms. The van der Waals surface area contributed by atoms with Crippen molar-refractivity contribution >= 4 is 53.5 Å². The molecule has 0 saturated carbocycles. The Kier molecular flexibility index (Phi) is 22.3. The van der Waals surface area contributed by atoms with Crippen LogP contribution in [-0.4, -0.2) is 5.78 Å². The van der Waals surface area contributed by atoms with E-state index in [1.54, 1.807) is 24.3 Å². The molecule has 0 radical (unpaired) electrons. The second-order valence-corrected chi connectivity index (χ2v) is 18.8. The first-order valence-electron chi connectivity index (χ1n) is 19.6. The monoisotopic (exact) mass is 922 g/mol. The third-order valence-electron chi connectivity index (χ3n) is 8.74. The number of Topliss-reactive ketones (excluding diaryl/α,β-unsaturated/α-hetero) is 1. The van der Waals surface area contributed by atoms with Gasteiger partial charge < -0.3 is 9.90 Å². The zero-order valence-corrected chi connectivity index (χ0v) is 38.4. The molecular formula is C55H50O3P2Ru. The maximum atomic E-state index is 11.6. The standard InChI is InChI=1S/2C18H15P.C11H13O.C7H8O.CO.Ru/c2*1-4-10-16(11-5-1)19(17-12-6-2-7-13-17)18-14-8-3-9-15-18;1-11(2,3)10(12)9-7-5-4-6-8-9;1-6-2-4-7(8)5-3-6;1-2;/h2*1-15H;4-7H,1-3H3;2-5,8H,1H3;;/q;;-1;;;+2/p-1. The minimum atomic E-state index is -0.446. The van der Waals surface area contributed by atoms with Crippen molar-refractivity contribution in [3.8, 4) is 5.75 Å². The molecule has 0 atom stereocenters. The Bertz CT molecular complexity index is 2050. The number of hydrogen-bond donors (Lipinski definition) is 0. The summed E-state index contributed by atoms with van der Waals surface area (Å²) in [6.07, 6.45) is 0. The summed E-state index contributed by atoms with van der Waals surface area (Å²) in [5, 5.41) is 18.8. The van der Waals surface area contributed by atoms with E-state index in [9.17, 15) is 9.90 Å². The molecule has 0 aliphatic heterocycles. The van der Waals surface area contributed by atoms with Crippen LogP contribution < -0.4 is 36.9 Å². The fraction of sp³-hybridized carbons (Fsp3) is 0.0909. The van der Waals surface area contributed by atoms with E-state index in [1.807, 2.05) is 52.0 Å². The maximum absolute atomic E-state index is 11.6. The Morgan fingerprint density at radius 2 is 0.721 bits per heavy atom. The van der Waals surface area contributed by atoms with Crippen molar-refractivity contribution in [3.63, 3.8) is 0 Å². The van der Waals surface area contributed by atoms with Gasteiger partial charge >= 0.3 is 30.8 Å². The molecule has 0 fully saturated rings. The molecule has 6 heteroatoms. The Morgan fingerprint density at radius 1 is 0.459 bits per heavy atom. The third kappa shape index (κ3) is 16.8. The molecule has 0 aliphatic rings. The number of rotatable bonds is 7. The van der Waals surface area contributed by atoms with Gasteiger partial charge in [0.15, 0.2) is 0 Å². The molecule has 0 aromatic heterocycles. The Morgan fingerprint density at radius 3 is 0.934 bits per heavy atom. The second kappa shape index (κ2) is 27.3. The fourth-order valence-corrected chi connectivity index (χ4v) is 10.4. The number of benzene rings is 8. The van der Waals surface area contributed by atoms with Crippen LogP contribution in [0.5, 0.6) is 5.75 Å². The van der Waals surface area contributed by atoms with Gasteiger partial charge in [0.05, 0.1) is 5.78 Å². The van der Waals surface area contributed by atoms with E-state index in [-0.39, 0.29) is 36.4 Å². The summed E-state index contributed by atoms with van der Waals surface area (Å²) < 4.78 is 7.50. The second-order valence-electron chi connectivity index (χ2n) is 14.4. The molecule has 8 aromatic rings. The van der Waals surface area contributed by atoms with Gasteiger partial charge in [-0.15, -0.1) is 41.6 Å². The molecule has 0 saturated heterocycles. The average molecular weight is 922 g/mol. The van der Waals surface area contributed by atoms with Crippen LogP contribution in [0.3, 0.4) is 0 Å². The zero-order valence-electron chi connectivity index (χ0n) is 34.9. The van der Waals surface area contributed by atoms with Crippen LogP contribution in [0.25, 0.3) is 0 Å². The van der Waals surface area contributed by atoms with Gasteiger partial charge in [0.25, 0.3) is 0 Å². The number of carbonyl (C=O) groups excluding carboxylic acids is 1. The van der Waals surface area contributed by atoms with Crippen molar-refractivity contribution < 1.29 is 34.0 Å². The van der Waals surface area contributed by atoms with E-state index in [4.69, 9.17) is 4.65 Å². The molecule has 0 aliphatic carbocycles. The van der Waals surface area contributed by atoms with Crippen molar-refractivity contribution in [2.75, 3.05) is 0 Å². The predicted octanol–water partition coefficient (Wildman–Crippen LogP) is 10.6. The summed E-state index contributed by atoms with van der Waals surface area (Å²) in [6.45, 7) is 12.2. The van der Waals surface area contributed by atoms with E-state index in [1.165, 1.54) is 31.8 Å². The van der Waals surface area contributed by atoms with Gasteiger partial charge in [0.1, 0.15) is 0 Å². The molecule has 306 valence electrons. The molecular weight excluding hydrogens is 872 g/mol. The SMILES string of the molecule is CC(C)(C)C(=O)c1[c-]cccc1.Cc1ccc([O-])cc1.[C-]#[O+].[Ru+2].c1ccc(P(c2ccccc2)c2ccccc2)cc1.c1ccc(P(c2ccccc2)c2ccccc2)cc1. The molecule has 8 rings (SSSR count). The van der Waals surface area contributed by atoms with E-state index < -0.39 is 15.8 Å². The first-order chi connectivity index (χ1) is 29.2. The minimum Gasteiger partial charge on any atom is -0.0622 e. The zero-order chi connectivity index (χ0) is 43.0. The van der Waals surface area contributed by atoms with Crippen LogP contribution >= 0.6 is 15.8 Å². The Balaban J connectivity index is 0.000000223. The summed E-state index contributed by atoms with van der Waals surface area (Å²) in [7, 11) is -0.892. The molecule has 0 heterocycles. The van der Waals surface area contributed by atoms with E-state index >= 15 is 0 Å². The molecule has 0 amide bonds. The van der Waals surface area contributed by atoms with E-state index in [0.29, 0.717) is 5.56 Å². The van der Waals surface area contributed by atoms with Crippen molar-refractivity contribution in [1.82, 2.24) is 0 Å². The average Bonchev–Trinajstić information content (AvgIpc) is 3.31. The van der Waals surface area contributed by atoms with Gasteiger partial charge in [-0.2, -0.15) is 0 Å². The van der Waals surface area contributed by atoms with Crippen molar-refractivity contribution in [3.05, 3.63) is 254 Å². The molecule has 0 unspecified atom stereocenters. The smallest absolute Gasteiger partial charge is 0.0622 e. The van der Waals surface area contributed by atoms with Gasteiger partial charge in [-0.05, 0) is 60.0 Å². The van der Waals surface area contributed by atoms with Crippen LogP contribution in [0.4, 0.5) is 0 Å². The molecule has 0 spiro atoms. The van der Waals surface area contributed by atoms with Crippen LogP contribution in [0.15, 0.2) is 231 Å². The van der Waals surface area contributed by atoms with Crippen LogP contribution in [0, 0.1) is 25.1 Å². The van der Waals surface area contributed by atoms with Crippen LogP contribution in [0.1, 0.15) is 36.7 Å². The minimum absolute atomic E-state index is 0. The van der Waals surface area contributed by atoms with E-state index in [0.717, 1.165) is 5.56 Å². The summed E-state index contributed by atoms with van der Waals surface area (Å²) >= 11 is 0. The van der Waals surface area contributed by atoms with E-state index in [2.05, 4.69) is 195 Å². The Labute approximate surface area is 378 Å². The third-order valence-corrected chi connectivity index (χ3v) is 13.6.